The summed E-state index contributed by atoms with van der Waals surface area (Å²) in [5.41, 5.74) is 0. The molecule has 67 heavy (non-hydrogen) atoms. The summed E-state index contributed by atoms with van der Waals surface area (Å²) in [4.78, 5) is 77.4. The van der Waals surface area contributed by atoms with Gasteiger partial charge < -0.3 is 38.4 Å². The second-order valence-corrected chi connectivity index (χ2v) is 18.2. The Labute approximate surface area is 406 Å². The fraction of sp³-hybridized carbons (Fsp3) is 0.887. The minimum Gasteiger partial charge on any atom is -0.466 e. The minimum absolute atomic E-state index is 0.0744. The molecule has 0 fully saturated rings. The quantitative estimate of drug-likeness (QED) is 0.0345. The zero-order valence-corrected chi connectivity index (χ0v) is 42.9. The van der Waals surface area contributed by atoms with Crippen molar-refractivity contribution in [1.82, 2.24) is 4.90 Å². The Hall–Kier alpha value is -3.26. The van der Waals surface area contributed by atoms with E-state index in [1.54, 1.807) is 0 Å². The van der Waals surface area contributed by atoms with Gasteiger partial charge in [-0.2, -0.15) is 0 Å². The molecular formula is C53H97NO13. The van der Waals surface area contributed by atoms with E-state index < -0.39 is 11.9 Å². The van der Waals surface area contributed by atoms with Gasteiger partial charge in [-0.1, -0.05) is 130 Å². The number of likely N-dealkylation sites (N-methyl/N-ethyl adjacent to an activating group) is 1. The molecular weight excluding hydrogens is 859 g/mol. The zero-order chi connectivity index (χ0) is 49.4. The van der Waals surface area contributed by atoms with Crippen molar-refractivity contribution in [1.29, 1.82) is 0 Å². The highest BCUT2D eigenvalue weighted by atomic mass is 16.6. The third-order valence-electron chi connectivity index (χ3n) is 11.9. The summed E-state index contributed by atoms with van der Waals surface area (Å²) in [7, 11) is 0. The molecule has 0 aliphatic carbocycles. The van der Waals surface area contributed by atoms with Gasteiger partial charge in [-0.25, -0.2) is 0 Å². The Morgan fingerprint density at radius 1 is 0.358 bits per heavy atom. The molecule has 1 unspecified atom stereocenters. The van der Waals surface area contributed by atoms with E-state index in [0.717, 1.165) is 122 Å². The van der Waals surface area contributed by atoms with Gasteiger partial charge in [0.1, 0.15) is 19.8 Å². The van der Waals surface area contributed by atoms with Gasteiger partial charge in [-0.3, -0.25) is 28.8 Å². The van der Waals surface area contributed by atoms with Crippen LogP contribution in [0, 0.1) is 11.8 Å². The summed E-state index contributed by atoms with van der Waals surface area (Å²) in [6, 6.07) is 0. The number of unbranched alkanes of at least 4 members (excludes halogenated alkanes) is 18. The molecule has 0 spiro atoms. The van der Waals surface area contributed by atoms with Crippen LogP contribution in [-0.2, 0) is 57.2 Å². The zero-order valence-electron chi connectivity index (χ0n) is 42.9. The molecule has 0 aromatic rings. The predicted molar refractivity (Wildman–Crippen MR) is 262 cm³/mol. The summed E-state index contributed by atoms with van der Waals surface area (Å²) in [6.45, 7) is 11.2. The van der Waals surface area contributed by atoms with Gasteiger partial charge >= 0.3 is 35.8 Å². The van der Waals surface area contributed by atoms with Crippen LogP contribution >= 0.6 is 0 Å². The molecule has 392 valence electrons. The Morgan fingerprint density at radius 2 is 0.672 bits per heavy atom. The number of aliphatic hydroxyl groups excluding tert-OH is 1. The van der Waals surface area contributed by atoms with Crippen molar-refractivity contribution >= 4 is 35.8 Å². The molecule has 0 amide bonds. The van der Waals surface area contributed by atoms with Crippen molar-refractivity contribution in [2.75, 3.05) is 65.9 Å². The molecule has 0 bridgehead atoms. The highest BCUT2D eigenvalue weighted by Crippen LogP contribution is 2.16. The lowest BCUT2D eigenvalue weighted by atomic mass is 10.0. The molecule has 0 rings (SSSR count). The smallest absolute Gasteiger partial charge is 0.305 e. The molecule has 14 nitrogen and oxygen atoms in total. The van der Waals surface area contributed by atoms with E-state index in [1.165, 1.54) is 25.7 Å². The van der Waals surface area contributed by atoms with Crippen LogP contribution in [0.1, 0.15) is 227 Å². The third-order valence-corrected chi connectivity index (χ3v) is 11.9. The summed E-state index contributed by atoms with van der Waals surface area (Å²) >= 11 is 0. The third kappa shape index (κ3) is 43.7. The number of rotatable bonds is 49. The maximum Gasteiger partial charge on any atom is 0.305 e. The van der Waals surface area contributed by atoms with Gasteiger partial charge in [-0.15, -0.1) is 0 Å². The first-order valence-corrected chi connectivity index (χ1v) is 26.8. The Bertz CT molecular complexity index is 1200. The lowest BCUT2D eigenvalue weighted by Gasteiger charge is -2.19. The van der Waals surface area contributed by atoms with E-state index in [-0.39, 0.29) is 94.7 Å². The van der Waals surface area contributed by atoms with Gasteiger partial charge in [-0.05, 0) is 70.9 Å². The number of aliphatic hydroxyl groups is 1. The molecule has 0 heterocycles. The van der Waals surface area contributed by atoms with Crippen LogP contribution in [0.3, 0.4) is 0 Å². The Morgan fingerprint density at radius 3 is 1.04 bits per heavy atom. The lowest BCUT2D eigenvalue weighted by molar-refractivity contribution is -0.155. The van der Waals surface area contributed by atoms with Crippen molar-refractivity contribution in [3.05, 3.63) is 0 Å². The SMILES string of the molecule is CCCCCCCCOC(=O)CCCCCCCC(=O)OCC(COC(=O)CCCCN(CC)CCO)COC(=O)CCCC(COC(=O)CCCCCCC)COC(=O)CCCCCCC. The summed E-state index contributed by atoms with van der Waals surface area (Å²) in [5, 5.41) is 9.23. The van der Waals surface area contributed by atoms with Crippen LogP contribution in [0.25, 0.3) is 0 Å². The molecule has 1 atom stereocenters. The van der Waals surface area contributed by atoms with E-state index in [2.05, 4.69) is 25.7 Å². The maximum absolute atomic E-state index is 13.0. The minimum atomic E-state index is -0.562. The van der Waals surface area contributed by atoms with E-state index in [4.69, 9.17) is 28.4 Å². The lowest BCUT2D eigenvalue weighted by Crippen LogP contribution is -2.28. The molecule has 14 heteroatoms. The van der Waals surface area contributed by atoms with Crippen LogP contribution < -0.4 is 0 Å². The highest BCUT2D eigenvalue weighted by molar-refractivity contribution is 5.71. The molecule has 1 N–H and O–H groups in total. The topological polar surface area (TPSA) is 181 Å². The number of carbonyl (C=O) groups excluding carboxylic acids is 6. The summed E-state index contributed by atoms with van der Waals surface area (Å²) < 4.78 is 33.2. The second kappa shape index (κ2) is 47.8. The van der Waals surface area contributed by atoms with E-state index in [0.29, 0.717) is 58.1 Å². The molecule has 0 saturated heterocycles. The number of hydrogen-bond donors (Lipinski definition) is 1. The molecule has 0 aromatic carbocycles. The number of ether oxygens (including phenoxy) is 6. The predicted octanol–water partition coefficient (Wildman–Crippen LogP) is 10.9. The first kappa shape index (κ1) is 63.7. The molecule has 0 aromatic heterocycles. The van der Waals surface area contributed by atoms with Crippen molar-refractivity contribution in [2.45, 2.75) is 227 Å². The van der Waals surface area contributed by atoms with E-state index in [1.807, 2.05) is 6.92 Å². The van der Waals surface area contributed by atoms with Crippen molar-refractivity contribution in [3.63, 3.8) is 0 Å². The number of hydrogen-bond acceptors (Lipinski definition) is 14. The van der Waals surface area contributed by atoms with Crippen molar-refractivity contribution in [2.24, 2.45) is 11.8 Å². The van der Waals surface area contributed by atoms with Crippen molar-refractivity contribution in [3.8, 4) is 0 Å². The van der Waals surface area contributed by atoms with E-state index in [9.17, 15) is 33.9 Å². The molecule has 0 aliphatic heterocycles. The molecule has 0 aliphatic rings. The Balaban J connectivity index is 5.02. The van der Waals surface area contributed by atoms with Crippen LogP contribution in [0.15, 0.2) is 0 Å². The Kier molecular flexibility index (Phi) is 45.5. The summed E-state index contributed by atoms with van der Waals surface area (Å²) in [6.07, 6.45) is 25.0. The number of nitrogens with zero attached hydrogens (tertiary/aromatic N) is 1. The first-order chi connectivity index (χ1) is 32.6. The second-order valence-electron chi connectivity index (χ2n) is 18.2. The van der Waals surface area contributed by atoms with Gasteiger partial charge in [0.2, 0.25) is 0 Å². The van der Waals surface area contributed by atoms with Gasteiger partial charge in [0.15, 0.2) is 0 Å². The monoisotopic (exact) mass is 956 g/mol. The maximum atomic E-state index is 13.0. The van der Waals surface area contributed by atoms with Crippen LogP contribution in [0.4, 0.5) is 0 Å². The molecule has 0 radical (unpaired) electrons. The fourth-order valence-electron chi connectivity index (χ4n) is 7.44. The first-order valence-electron chi connectivity index (χ1n) is 26.8. The largest absolute Gasteiger partial charge is 0.466 e. The van der Waals surface area contributed by atoms with Gasteiger partial charge in [0.05, 0.1) is 32.3 Å². The summed E-state index contributed by atoms with van der Waals surface area (Å²) in [5.74, 6) is -2.77. The average Bonchev–Trinajstić information content (AvgIpc) is 3.32. The fourth-order valence-corrected chi connectivity index (χ4v) is 7.44. The average molecular weight is 956 g/mol. The van der Waals surface area contributed by atoms with Crippen LogP contribution in [-0.4, -0.2) is 112 Å². The van der Waals surface area contributed by atoms with Gasteiger partial charge in [0.25, 0.3) is 0 Å². The van der Waals surface area contributed by atoms with Gasteiger partial charge in [0, 0.05) is 51.0 Å². The number of esters is 6. The molecule has 0 saturated carbocycles. The number of carbonyl (C=O) groups is 6. The van der Waals surface area contributed by atoms with Crippen LogP contribution in [0.5, 0.6) is 0 Å². The van der Waals surface area contributed by atoms with Crippen LogP contribution in [0.2, 0.25) is 0 Å². The van der Waals surface area contributed by atoms with E-state index >= 15 is 0 Å². The van der Waals surface area contributed by atoms with Crippen molar-refractivity contribution < 1.29 is 62.3 Å². The normalized spacial score (nSPS) is 11.7. The standard InChI is InChI=1S/C53H97NO13/c1-5-9-12-15-21-28-40-62-48(56)31-24-19-16-20-25-34-51(59)65-43-47(44-66-52(60)35-26-27-37-54(8-4)38-39-55)45-67-53(61)36-29-30-46(41-63-49(57)32-22-17-13-10-6-2)42-64-50(58)33-23-18-14-11-7-3/h46-47,55H,5-45H2,1-4H3. The highest BCUT2D eigenvalue weighted by Gasteiger charge is 2.20.